The standard InChI is InChI=1S/C14H22N4O2/c1-10-6-7-11(15-14(20)18(4)5)8-12(10)16-13(19)9-17(2)3/h6-8H,9H2,1-5H3,(H,15,20)(H,16,19). The molecule has 0 saturated heterocycles. The molecule has 0 bridgehead atoms. The number of nitrogens with one attached hydrogen (secondary N) is 2. The highest BCUT2D eigenvalue weighted by Gasteiger charge is 2.09. The van der Waals surface area contributed by atoms with Gasteiger partial charge in [0, 0.05) is 25.5 Å². The van der Waals surface area contributed by atoms with Gasteiger partial charge in [0.25, 0.3) is 0 Å². The van der Waals surface area contributed by atoms with Crippen molar-refractivity contribution in [1.29, 1.82) is 0 Å². The lowest BCUT2D eigenvalue weighted by molar-refractivity contribution is -0.116. The molecule has 20 heavy (non-hydrogen) atoms. The van der Waals surface area contributed by atoms with Crippen LogP contribution in [0.25, 0.3) is 0 Å². The first-order chi connectivity index (χ1) is 9.29. The molecule has 0 unspecified atom stereocenters. The number of urea groups is 1. The normalized spacial score (nSPS) is 10.3. The summed E-state index contributed by atoms with van der Waals surface area (Å²) in [5.41, 5.74) is 2.29. The Morgan fingerprint density at radius 3 is 2.30 bits per heavy atom. The zero-order valence-corrected chi connectivity index (χ0v) is 12.7. The SMILES string of the molecule is Cc1ccc(NC(=O)N(C)C)cc1NC(=O)CN(C)C. The van der Waals surface area contributed by atoms with Crippen LogP contribution in [0.5, 0.6) is 0 Å². The summed E-state index contributed by atoms with van der Waals surface area (Å²) in [6.45, 7) is 2.22. The lowest BCUT2D eigenvalue weighted by Gasteiger charge is -2.15. The molecule has 0 aromatic heterocycles. The van der Waals surface area contributed by atoms with Crippen LogP contribution in [0.1, 0.15) is 5.56 Å². The molecule has 2 N–H and O–H groups in total. The number of hydrogen-bond acceptors (Lipinski definition) is 3. The van der Waals surface area contributed by atoms with Crippen LogP contribution in [0.2, 0.25) is 0 Å². The monoisotopic (exact) mass is 278 g/mol. The van der Waals surface area contributed by atoms with Gasteiger partial charge in [-0.15, -0.1) is 0 Å². The molecule has 0 heterocycles. The number of rotatable bonds is 4. The fourth-order valence-corrected chi connectivity index (χ4v) is 1.55. The van der Waals surface area contributed by atoms with Gasteiger partial charge in [-0.2, -0.15) is 0 Å². The van der Waals surface area contributed by atoms with Crippen molar-refractivity contribution in [2.75, 3.05) is 45.4 Å². The van der Waals surface area contributed by atoms with Crippen LogP contribution in [-0.2, 0) is 4.79 Å². The number of carbonyl (C=O) groups excluding carboxylic acids is 2. The minimum absolute atomic E-state index is 0.0887. The molecule has 0 fully saturated rings. The molecule has 6 heteroatoms. The molecule has 1 rings (SSSR count). The Morgan fingerprint density at radius 2 is 1.75 bits per heavy atom. The van der Waals surface area contributed by atoms with Gasteiger partial charge >= 0.3 is 6.03 Å². The van der Waals surface area contributed by atoms with Gasteiger partial charge in [0.05, 0.1) is 6.54 Å². The molecule has 0 aliphatic carbocycles. The van der Waals surface area contributed by atoms with Crippen molar-refractivity contribution in [3.05, 3.63) is 23.8 Å². The number of anilines is 2. The Kier molecular flexibility index (Phi) is 5.52. The van der Waals surface area contributed by atoms with Gasteiger partial charge in [0.2, 0.25) is 5.91 Å². The molecular weight excluding hydrogens is 256 g/mol. The van der Waals surface area contributed by atoms with E-state index in [0.717, 1.165) is 5.56 Å². The molecular formula is C14H22N4O2. The van der Waals surface area contributed by atoms with Crippen molar-refractivity contribution in [2.24, 2.45) is 0 Å². The van der Waals surface area contributed by atoms with Gasteiger partial charge in [-0.25, -0.2) is 4.79 Å². The van der Waals surface area contributed by atoms with Crippen molar-refractivity contribution in [3.63, 3.8) is 0 Å². The molecule has 110 valence electrons. The molecule has 3 amide bonds. The Hall–Kier alpha value is -2.08. The number of hydrogen-bond donors (Lipinski definition) is 2. The summed E-state index contributed by atoms with van der Waals surface area (Å²) in [4.78, 5) is 26.6. The number of benzene rings is 1. The molecule has 0 spiro atoms. The highest BCUT2D eigenvalue weighted by Crippen LogP contribution is 2.20. The maximum Gasteiger partial charge on any atom is 0.321 e. The second-order valence-electron chi connectivity index (χ2n) is 5.14. The fourth-order valence-electron chi connectivity index (χ4n) is 1.55. The minimum atomic E-state index is -0.209. The Bertz CT molecular complexity index is 498. The number of nitrogens with zero attached hydrogens (tertiary/aromatic N) is 2. The van der Waals surface area contributed by atoms with E-state index in [1.165, 1.54) is 4.90 Å². The summed E-state index contributed by atoms with van der Waals surface area (Å²) in [5, 5.41) is 5.59. The fraction of sp³-hybridized carbons (Fsp3) is 0.429. The Balaban J connectivity index is 2.81. The highest BCUT2D eigenvalue weighted by atomic mass is 16.2. The molecule has 1 aromatic carbocycles. The minimum Gasteiger partial charge on any atom is -0.331 e. The first kappa shape index (κ1) is 16.0. The topological polar surface area (TPSA) is 64.7 Å². The smallest absolute Gasteiger partial charge is 0.321 e. The molecule has 0 aliphatic rings. The summed E-state index contributed by atoms with van der Waals surface area (Å²) in [7, 11) is 7.01. The molecule has 0 atom stereocenters. The van der Waals surface area contributed by atoms with Crippen LogP contribution >= 0.6 is 0 Å². The van der Waals surface area contributed by atoms with E-state index >= 15 is 0 Å². The van der Waals surface area contributed by atoms with Gasteiger partial charge in [0.1, 0.15) is 0 Å². The lowest BCUT2D eigenvalue weighted by atomic mass is 10.1. The summed E-state index contributed by atoms with van der Waals surface area (Å²) in [6.07, 6.45) is 0. The van der Waals surface area contributed by atoms with Crippen LogP contribution in [0.4, 0.5) is 16.2 Å². The van der Waals surface area contributed by atoms with E-state index < -0.39 is 0 Å². The van der Waals surface area contributed by atoms with E-state index in [-0.39, 0.29) is 11.9 Å². The second-order valence-corrected chi connectivity index (χ2v) is 5.14. The van der Waals surface area contributed by atoms with Crippen LogP contribution < -0.4 is 10.6 Å². The zero-order valence-electron chi connectivity index (χ0n) is 12.7. The maximum absolute atomic E-state index is 11.8. The van der Waals surface area contributed by atoms with Crippen molar-refractivity contribution < 1.29 is 9.59 Å². The third-order valence-electron chi connectivity index (χ3n) is 2.63. The lowest BCUT2D eigenvalue weighted by Crippen LogP contribution is -2.28. The van der Waals surface area contributed by atoms with Crippen molar-refractivity contribution in [3.8, 4) is 0 Å². The predicted octanol–water partition coefficient (Wildman–Crippen LogP) is 1.59. The van der Waals surface area contributed by atoms with Gasteiger partial charge in [0.15, 0.2) is 0 Å². The van der Waals surface area contributed by atoms with E-state index in [2.05, 4.69) is 10.6 Å². The van der Waals surface area contributed by atoms with Crippen LogP contribution in [0, 0.1) is 6.92 Å². The number of likely N-dealkylation sites (N-methyl/N-ethyl adjacent to an activating group) is 1. The van der Waals surface area contributed by atoms with E-state index in [9.17, 15) is 9.59 Å². The first-order valence-corrected chi connectivity index (χ1v) is 6.33. The highest BCUT2D eigenvalue weighted by molar-refractivity contribution is 5.95. The molecule has 0 aliphatic heterocycles. The van der Waals surface area contributed by atoms with Crippen molar-refractivity contribution in [2.45, 2.75) is 6.92 Å². The van der Waals surface area contributed by atoms with Crippen LogP contribution in [0.3, 0.4) is 0 Å². The van der Waals surface area contributed by atoms with E-state index in [0.29, 0.717) is 17.9 Å². The van der Waals surface area contributed by atoms with Crippen molar-refractivity contribution in [1.82, 2.24) is 9.80 Å². The first-order valence-electron chi connectivity index (χ1n) is 6.33. The average molecular weight is 278 g/mol. The quantitative estimate of drug-likeness (QED) is 0.879. The van der Waals surface area contributed by atoms with Crippen LogP contribution in [0.15, 0.2) is 18.2 Å². The number of aryl methyl sites for hydroxylation is 1. The number of amides is 3. The number of carbonyl (C=O) groups is 2. The summed E-state index contributed by atoms with van der Waals surface area (Å²) >= 11 is 0. The average Bonchev–Trinajstić information content (AvgIpc) is 2.32. The summed E-state index contributed by atoms with van der Waals surface area (Å²) < 4.78 is 0. The maximum atomic E-state index is 11.8. The van der Waals surface area contributed by atoms with E-state index in [1.807, 2.05) is 27.1 Å². The summed E-state index contributed by atoms with van der Waals surface area (Å²) in [6, 6.07) is 5.21. The zero-order chi connectivity index (χ0) is 15.3. The summed E-state index contributed by atoms with van der Waals surface area (Å²) in [5.74, 6) is -0.0887. The second kappa shape index (κ2) is 6.91. The van der Waals surface area contributed by atoms with Gasteiger partial charge in [-0.05, 0) is 38.7 Å². The molecule has 0 radical (unpaired) electrons. The molecule has 0 saturated carbocycles. The Labute approximate surface area is 119 Å². The largest absolute Gasteiger partial charge is 0.331 e. The Morgan fingerprint density at radius 1 is 1.10 bits per heavy atom. The molecule has 6 nitrogen and oxygen atoms in total. The predicted molar refractivity (Wildman–Crippen MR) is 81.1 cm³/mol. The van der Waals surface area contributed by atoms with Gasteiger partial charge in [-0.3, -0.25) is 4.79 Å². The third kappa shape index (κ3) is 4.89. The van der Waals surface area contributed by atoms with Crippen LogP contribution in [-0.4, -0.2) is 56.5 Å². The third-order valence-corrected chi connectivity index (χ3v) is 2.63. The van der Waals surface area contributed by atoms with Gasteiger partial charge in [-0.1, -0.05) is 6.07 Å². The molecule has 1 aromatic rings. The van der Waals surface area contributed by atoms with Crippen molar-refractivity contribution >= 4 is 23.3 Å². The van der Waals surface area contributed by atoms with Gasteiger partial charge < -0.3 is 20.4 Å². The van der Waals surface area contributed by atoms with E-state index in [1.54, 1.807) is 31.1 Å². The van der Waals surface area contributed by atoms with E-state index in [4.69, 9.17) is 0 Å².